The molecule has 0 aliphatic heterocycles. The Labute approximate surface area is 181 Å². The summed E-state index contributed by atoms with van der Waals surface area (Å²) in [7, 11) is 0. The van der Waals surface area contributed by atoms with E-state index in [-0.39, 0.29) is 36.1 Å². The van der Waals surface area contributed by atoms with Gasteiger partial charge in [-0.2, -0.15) is 0 Å². The van der Waals surface area contributed by atoms with Gasteiger partial charge in [0.1, 0.15) is 0 Å². The maximum atomic E-state index is 12.8. The number of nitrogens with zero attached hydrogens (tertiary/aromatic N) is 4. The predicted molar refractivity (Wildman–Crippen MR) is 117 cm³/mol. The molecule has 0 saturated heterocycles. The Bertz CT molecular complexity index is 1010. The summed E-state index contributed by atoms with van der Waals surface area (Å²) in [6.07, 6.45) is 3.85. The van der Waals surface area contributed by atoms with Gasteiger partial charge in [0.25, 0.3) is 5.56 Å². The summed E-state index contributed by atoms with van der Waals surface area (Å²) in [6, 6.07) is 11.6. The highest BCUT2D eigenvalue weighted by atomic mass is 35.5. The number of amides is 1. The summed E-state index contributed by atoms with van der Waals surface area (Å²) in [5.41, 5.74) is 7.30. The lowest BCUT2D eigenvalue weighted by Crippen LogP contribution is -2.39. The fourth-order valence-corrected chi connectivity index (χ4v) is 3.03. The molecule has 1 aromatic carbocycles. The van der Waals surface area contributed by atoms with Gasteiger partial charge in [-0.3, -0.25) is 9.59 Å². The van der Waals surface area contributed by atoms with Gasteiger partial charge in [-0.15, -0.1) is 12.4 Å². The second-order valence-corrected chi connectivity index (χ2v) is 6.63. The number of halogens is 1. The fraction of sp³-hybridized carbons (Fsp3) is 0.286. The maximum Gasteiger partial charge on any atom is 0.255 e. The van der Waals surface area contributed by atoms with E-state index in [4.69, 9.17) is 5.73 Å². The monoisotopic (exact) mass is 428 g/mol. The third kappa shape index (κ3) is 5.95. The van der Waals surface area contributed by atoms with Crippen LogP contribution in [0.15, 0.2) is 53.6 Å². The lowest BCUT2D eigenvalue weighted by molar-refractivity contribution is -0.130. The molecule has 3 N–H and O–H groups in total. The molecule has 0 atom stereocenters. The van der Waals surface area contributed by atoms with Crippen LogP contribution < -0.4 is 11.3 Å². The second kappa shape index (κ2) is 11.2. The number of nitrogens with one attached hydrogen (secondary N) is 1. The normalized spacial score (nSPS) is 10.3. The van der Waals surface area contributed by atoms with E-state index in [1.807, 2.05) is 30.3 Å². The highest BCUT2D eigenvalue weighted by Crippen LogP contribution is 2.10. The minimum Gasteiger partial charge on any atom is -0.341 e. The molecule has 30 heavy (non-hydrogen) atoms. The Morgan fingerprint density at radius 2 is 1.80 bits per heavy atom. The van der Waals surface area contributed by atoms with Gasteiger partial charge in [0.15, 0.2) is 11.6 Å². The molecule has 3 rings (SSSR count). The molecule has 8 nitrogen and oxygen atoms in total. The molecule has 0 unspecified atom stereocenters. The average Bonchev–Trinajstić information content (AvgIpc) is 2.74. The molecule has 0 saturated carbocycles. The molecule has 0 spiro atoms. The number of H-pyrrole nitrogens is 1. The molecule has 9 heteroatoms. The third-order valence-corrected chi connectivity index (χ3v) is 4.59. The summed E-state index contributed by atoms with van der Waals surface area (Å²) < 4.78 is 0. The Kier molecular flexibility index (Phi) is 8.64. The van der Waals surface area contributed by atoms with Crippen molar-refractivity contribution in [3.05, 3.63) is 76.0 Å². The van der Waals surface area contributed by atoms with Crippen LogP contribution in [-0.4, -0.2) is 50.4 Å². The molecule has 0 bridgehead atoms. The zero-order chi connectivity index (χ0) is 20.6. The molecule has 0 radical (unpaired) electrons. The van der Waals surface area contributed by atoms with Gasteiger partial charge in [-0.25, -0.2) is 15.0 Å². The van der Waals surface area contributed by atoms with Crippen molar-refractivity contribution < 1.29 is 4.79 Å². The molecule has 0 aliphatic rings. The van der Waals surface area contributed by atoms with Crippen LogP contribution in [0.4, 0.5) is 0 Å². The largest absolute Gasteiger partial charge is 0.341 e. The van der Waals surface area contributed by atoms with Gasteiger partial charge in [-0.05, 0) is 25.0 Å². The number of carbonyl (C=O) groups excluding carboxylic acids is 1. The predicted octanol–water partition coefficient (Wildman–Crippen LogP) is 1.53. The van der Waals surface area contributed by atoms with E-state index >= 15 is 0 Å². The first-order valence-electron chi connectivity index (χ1n) is 9.47. The van der Waals surface area contributed by atoms with Crippen molar-refractivity contribution in [2.75, 3.05) is 19.6 Å². The molecular weight excluding hydrogens is 404 g/mol. The lowest BCUT2D eigenvalue weighted by Gasteiger charge is -2.22. The van der Waals surface area contributed by atoms with Crippen molar-refractivity contribution >= 4 is 18.3 Å². The molecule has 0 fully saturated rings. The van der Waals surface area contributed by atoms with Crippen LogP contribution in [-0.2, 0) is 17.6 Å². The molecule has 0 aliphatic carbocycles. The summed E-state index contributed by atoms with van der Waals surface area (Å²) in [5, 5.41) is 0. The molecule has 2 aromatic heterocycles. The van der Waals surface area contributed by atoms with Crippen LogP contribution in [0.25, 0.3) is 11.6 Å². The van der Waals surface area contributed by atoms with Crippen molar-refractivity contribution in [1.29, 1.82) is 0 Å². The minimum absolute atomic E-state index is 0. The lowest BCUT2D eigenvalue weighted by atomic mass is 10.1. The van der Waals surface area contributed by atoms with Crippen LogP contribution in [0.3, 0.4) is 0 Å². The molecule has 1 amide bonds. The van der Waals surface area contributed by atoms with Crippen LogP contribution in [0.1, 0.15) is 16.8 Å². The summed E-state index contributed by atoms with van der Waals surface area (Å²) in [5.74, 6) is 0.468. The minimum atomic E-state index is -0.357. The first-order chi connectivity index (χ1) is 14.1. The highest BCUT2D eigenvalue weighted by molar-refractivity contribution is 5.85. The van der Waals surface area contributed by atoms with E-state index < -0.39 is 0 Å². The Hall–Kier alpha value is -3.10. The Morgan fingerprint density at radius 3 is 2.43 bits per heavy atom. The molecule has 2 heterocycles. The fourth-order valence-electron chi connectivity index (χ4n) is 3.03. The number of benzene rings is 1. The number of carbonyl (C=O) groups is 1. The van der Waals surface area contributed by atoms with Crippen molar-refractivity contribution in [2.24, 2.45) is 5.73 Å². The smallest absolute Gasteiger partial charge is 0.255 e. The van der Waals surface area contributed by atoms with Crippen LogP contribution in [0.5, 0.6) is 0 Å². The highest BCUT2D eigenvalue weighted by Gasteiger charge is 2.18. The van der Waals surface area contributed by atoms with Gasteiger partial charge in [0.05, 0.1) is 6.42 Å². The van der Waals surface area contributed by atoms with E-state index in [1.54, 1.807) is 30.3 Å². The quantitative estimate of drug-likeness (QED) is 0.561. The van der Waals surface area contributed by atoms with Crippen LogP contribution >= 0.6 is 12.4 Å². The van der Waals surface area contributed by atoms with E-state index in [9.17, 15) is 9.59 Å². The third-order valence-electron chi connectivity index (χ3n) is 4.59. The number of aryl methyl sites for hydroxylation is 1. The number of aromatic nitrogens is 4. The zero-order valence-corrected chi connectivity index (χ0v) is 17.6. The van der Waals surface area contributed by atoms with E-state index in [0.29, 0.717) is 36.7 Å². The molecule has 3 aromatic rings. The maximum absolute atomic E-state index is 12.8. The Balaban J connectivity index is 0.00000320. The zero-order valence-electron chi connectivity index (χ0n) is 16.7. The number of hydrogen-bond acceptors (Lipinski definition) is 6. The summed E-state index contributed by atoms with van der Waals surface area (Å²) in [4.78, 5) is 42.4. The van der Waals surface area contributed by atoms with Gasteiger partial charge < -0.3 is 15.6 Å². The summed E-state index contributed by atoms with van der Waals surface area (Å²) >= 11 is 0. The number of rotatable bonds is 8. The van der Waals surface area contributed by atoms with Crippen molar-refractivity contribution in [2.45, 2.75) is 19.8 Å². The number of nitrogens with two attached hydrogens (primary N) is 1. The van der Waals surface area contributed by atoms with Crippen LogP contribution in [0.2, 0.25) is 0 Å². The topological polar surface area (TPSA) is 118 Å². The first kappa shape index (κ1) is 23.2. The van der Waals surface area contributed by atoms with Gasteiger partial charge >= 0.3 is 0 Å². The van der Waals surface area contributed by atoms with Crippen molar-refractivity contribution in [1.82, 2.24) is 24.8 Å². The number of aromatic amines is 1. The SMILES string of the molecule is Cc1nc(-c2ncccn2)[nH]c(=O)c1CC(=O)N(CCN)CCc1ccccc1.Cl. The Morgan fingerprint density at radius 1 is 1.10 bits per heavy atom. The van der Waals surface area contributed by atoms with Crippen molar-refractivity contribution in [3.8, 4) is 11.6 Å². The molecular formula is C21H25ClN6O2. The van der Waals surface area contributed by atoms with Gasteiger partial charge in [0.2, 0.25) is 5.91 Å². The standard InChI is InChI=1S/C21H24N6O2.ClH/c1-15-17(21(29)26-20(25-15)19-23-10-5-11-24-19)14-18(28)27(13-9-22)12-8-16-6-3-2-4-7-16;/h2-7,10-11H,8-9,12-14,22H2,1H3,(H,25,26,29);1H. The summed E-state index contributed by atoms with van der Waals surface area (Å²) in [6.45, 7) is 3.05. The second-order valence-electron chi connectivity index (χ2n) is 6.63. The van der Waals surface area contributed by atoms with Gasteiger partial charge in [-0.1, -0.05) is 30.3 Å². The van der Waals surface area contributed by atoms with Crippen molar-refractivity contribution in [3.63, 3.8) is 0 Å². The van der Waals surface area contributed by atoms with E-state index in [1.165, 1.54) is 0 Å². The average molecular weight is 429 g/mol. The van der Waals surface area contributed by atoms with E-state index in [0.717, 1.165) is 12.0 Å². The first-order valence-corrected chi connectivity index (χ1v) is 9.47. The molecule has 158 valence electrons. The number of hydrogen-bond donors (Lipinski definition) is 2. The van der Waals surface area contributed by atoms with Crippen LogP contribution in [0, 0.1) is 6.92 Å². The van der Waals surface area contributed by atoms with E-state index in [2.05, 4.69) is 19.9 Å². The van der Waals surface area contributed by atoms with Gasteiger partial charge in [0, 0.05) is 43.3 Å².